The lowest BCUT2D eigenvalue weighted by Gasteiger charge is -2.26. The summed E-state index contributed by atoms with van der Waals surface area (Å²) in [5.41, 5.74) is 0. The Balaban J connectivity index is 1.67. The van der Waals surface area contributed by atoms with E-state index in [0.717, 1.165) is 50.6 Å². The quantitative estimate of drug-likeness (QED) is 0.839. The van der Waals surface area contributed by atoms with E-state index >= 15 is 0 Å². The lowest BCUT2D eigenvalue weighted by atomic mass is 9.97. The van der Waals surface area contributed by atoms with Crippen molar-refractivity contribution in [2.45, 2.75) is 37.6 Å². The Morgan fingerprint density at radius 2 is 2.12 bits per heavy atom. The van der Waals surface area contributed by atoms with Crippen molar-refractivity contribution in [2.24, 2.45) is 0 Å². The smallest absolute Gasteiger partial charge is 0.229 e. The van der Waals surface area contributed by atoms with E-state index in [4.69, 9.17) is 4.52 Å². The standard InChI is InChI=1S/C12H20N4O/c1-16-7-4-9(5-8-16)12-14-11(15-17-12)10-3-2-6-13-10/h9-10,13H,2-8H2,1H3. The fourth-order valence-corrected chi connectivity index (χ4v) is 2.72. The average molecular weight is 236 g/mol. The first-order valence-corrected chi connectivity index (χ1v) is 6.58. The van der Waals surface area contributed by atoms with Gasteiger partial charge in [-0.15, -0.1) is 0 Å². The predicted octanol–water partition coefficient (Wildman–Crippen LogP) is 1.30. The minimum absolute atomic E-state index is 0.318. The molecule has 1 aromatic rings. The zero-order valence-corrected chi connectivity index (χ0v) is 10.4. The summed E-state index contributed by atoms with van der Waals surface area (Å²) in [5, 5.41) is 7.53. The first kappa shape index (κ1) is 11.2. The molecular weight excluding hydrogens is 216 g/mol. The number of nitrogens with zero attached hydrogens (tertiary/aromatic N) is 3. The van der Waals surface area contributed by atoms with Crippen LogP contribution in [0.4, 0.5) is 0 Å². The minimum atomic E-state index is 0.318. The van der Waals surface area contributed by atoms with E-state index in [9.17, 15) is 0 Å². The number of piperidine rings is 1. The molecule has 0 bridgehead atoms. The number of likely N-dealkylation sites (tertiary alicyclic amines) is 1. The summed E-state index contributed by atoms with van der Waals surface area (Å²) in [6.45, 7) is 3.33. The van der Waals surface area contributed by atoms with E-state index in [0.29, 0.717) is 12.0 Å². The van der Waals surface area contributed by atoms with Crippen molar-refractivity contribution >= 4 is 0 Å². The Morgan fingerprint density at radius 1 is 1.29 bits per heavy atom. The molecule has 3 rings (SSSR count). The van der Waals surface area contributed by atoms with Crippen LogP contribution in [0.25, 0.3) is 0 Å². The molecule has 17 heavy (non-hydrogen) atoms. The summed E-state index contributed by atoms with van der Waals surface area (Å²) in [6.07, 6.45) is 4.61. The lowest BCUT2D eigenvalue weighted by molar-refractivity contribution is 0.227. The highest BCUT2D eigenvalue weighted by Crippen LogP contribution is 2.28. The number of hydrogen-bond donors (Lipinski definition) is 1. The molecular formula is C12H20N4O. The molecule has 1 aromatic heterocycles. The highest BCUT2D eigenvalue weighted by Gasteiger charge is 2.26. The highest BCUT2D eigenvalue weighted by atomic mass is 16.5. The van der Waals surface area contributed by atoms with Crippen LogP contribution in [0.1, 0.15) is 49.4 Å². The van der Waals surface area contributed by atoms with E-state index < -0.39 is 0 Å². The molecule has 0 amide bonds. The number of nitrogens with one attached hydrogen (secondary N) is 1. The van der Waals surface area contributed by atoms with Gasteiger partial charge in [0.15, 0.2) is 5.82 Å². The van der Waals surface area contributed by atoms with Gasteiger partial charge < -0.3 is 14.7 Å². The summed E-state index contributed by atoms with van der Waals surface area (Å²) in [5.74, 6) is 2.17. The van der Waals surface area contributed by atoms with Gasteiger partial charge in [0, 0.05) is 5.92 Å². The molecule has 0 spiro atoms. The van der Waals surface area contributed by atoms with Gasteiger partial charge >= 0.3 is 0 Å². The van der Waals surface area contributed by atoms with Gasteiger partial charge in [-0.3, -0.25) is 0 Å². The van der Waals surface area contributed by atoms with E-state index in [2.05, 4.69) is 27.4 Å². The van der Waals surface area contributed by atoms with Crippen LogP contribution in [0.15, 0.2) is 4.52 Å². The average Bonchev–Trinajstić information content (AvgIpc) is 3.00. The summed E-state index contributed by atoms with van der Waals surface area (Å²) in [7, 11) is 2.16. The molecule has 0 radical (unpaired) electrons. The van der Waals surface area contributed by atoms with Crippen LogP contribution in [0.5, 0.6) is 0 Å². The van der Waals surface area contributed by atoms with Gasteiger partial charge in [0.25, 0.3) is 0 Å². The second-order valence-corrected chi connectivity index (χ2v) is 5.22. The van der Waals surface area contributed by atoms with Crippen molar-refractivity contribution in [1.29, 1.82) is 0 Å². The fraction of sp³-hybridized carbons (Fsp3) is 0.833. The van der Waals surface area contributed by atoms with Crippen molar-refractivity contribution in [3.05, 3.63) is 11.7 Å². The van der Waals surface area contributed by atoms with Gasteiger partial charge in [-0.25, -0.2) is 0 Å². The van der Waals surface area contributed by atoms with E-state index in [-0.39, 0.29) is 0 Å². The molecule has 2 aliphatic rings. The Morgan fingerprint density at radius 3 is 2.82 bits per heavy atom. The van der Waals surface area contributed by atoms with Crippen molar-refractivity contribution < 1.29 is 4.52 Å². The second kappa shape index (κ2) is 4.74. The van der Waals surface area contributed by atoms with E-state index in [1.165, 1.54) is 6.42 Å². The van der Waals surface area contributed by atoms with Gasteiger partial charge in [0.05, 0.1) is 6.04 Å². The molecule has 0 saturated carbocycles. The monoisotopic (exact) mass is 236 g/mol. The molecule has 5 heteroatoms. The lowest BCUT2D eigenvalue weighted by Crippen LogP contribution is -2.29. The molecule has 0 aromatic carbocycles. The molecule has 3 heterocycles. The van der Waals surface area contributed by atoms with Gasteiger partial charge in [-0.05, 0) is 52.4 Å². The van der Waals surface area contributed by atoms with Crippen molar-refractivity contribution in [3.8, 4) is 0 Å². The topological polar surface area (TPSA) is 54.2 Å². The van der Waals surface area contributed by atoms with Crippen LogP contribution in [-0.2, 0) is 0 Å². The van der Waals surface area contributed by atoms with Crippen molar-refractivity contribution in [2.75, 3.05) is 26.7 Å². The third kappa shape index (κ3) is 2.35. The zero-order chi connectivity index (χ0) is 11.7. The van der Waals surface area contributed by atoms with Crippen LogP contribution >= 0.6 is 0 Å². The Labute approximate surface area is 102 Å². The Bertz CT molecular complexity index is 364. The summed E-state index contributed by atoms with van der Waals surface area (Å²) in [4.78, 5) is 6.94. The zero-order valence-electron chi connectivity index (χ0n) is 10.4. The Kier molecular flexibility index (Phi) is 3.11. The van der Waals surface area contributed by atoms with Gasteiger partial charge in [-0.1, -0.05) is 5.16 Å². The fourth-order valence-electron chi connectivity index (χ4n) is 2.72. The number of hydrogen-bond acceptors (Lipinski definition) is 5. The SMILES string of the molecule is CN1CCC(c2nc(C3CCCN3)no2)CC1. The molecule has 1 N–H and O–H groups in total. The van der Waals surface area contributed by atoms with Crippen LogP contribution in [0.3, 0.4) is 0 Å². The van der Waals surface area contributed by atoms with Crippen molar-refractivity contribution in [1.82, 2.24) is 20.4 Å². The van der Waals surface area contributed by atoms with Crippen LogP contribution in [0.2, 0.25) is 0 Å². The minimum Gasteiger partial charge on any atom is -0.339 e. The predicted molar refractivity (Wildman–Crippen MR) is 63.7 cm³/mol. The summed E-state index contributed by atoms with van der Waals surface area (Å²) < 4.78 is 5.43. The highest BCUT2D eigenvalue weighted by molar-refractivity contribution is 5.01. The normalized spacial score (nSPS) is 27.7. The molecule has 1 atom stereocenters. The van der Waals surface area contributed by atoms with Crippen molar-refractivity contribution in [3.63, 3.8) is 0 Å². The van der Waals surface area contributed by atoms with Gasteiger partial charge in [-0.2, -0.15) is 4.98 Å². The summed E-state index contributed by atoms with van der Waals surface area (Å²) >= 11 is 0. The van der Waals surface area contributed by atoms with E-state index in [1.54, 1.807) is 0 Å². The van der Waals surface area contributed by atoms with Crippen LogP contribution < -0.4 is 5.32 Å². The third-order valence-corrected chi connectivity index (χ3v) is 3.90. The largest absolute Gasteiger partial charge is 0.339 e. The maximum absolute atomic E-state index is 5.43. The second-order valence-electron chi connectivity index (χ2n) is 5.22. The van der Waals surface area contributed by atoms with Crippen LogP contribution in [0, 0.1) is 0 Å². The van der Waals surface area contributed by atoms with Crippen LogP contribution in [-0.4, -0.2) is 41.7 Å². The van der Waals surface area contributed by atoms with Gasteiger partial charge in [0.2, 0.25) is 5.89 Å². The maximum Gasteiger partial charge on any atom is 0.229 e. The molecule has 94 valence electrons. The summed E-state index contributed by atoms with van der Waals surface area (Å²) in [6, 6.07) is 0.318. The molecule has 2 fully saturated rings. The molecule has 2 aliphatic heterocycles. The molecule has 0 aliphatic carbocycles. The number of aromatic nitrogens is 2. The third-order valence-electron chi connectivity index (χ3n) is 3.90. The Hall–Kier alpha value is -0.940. The molecule has 2 saturated heterocycles. The first-order chi connectivity index (χ1) is 8.33. The molecule has 1 unspecified atom stereocenters. The molecule has 5 nitrogen and oxygen atoms in total. The van der Waals surface area contributed by atoms with Gasteiger partial charge in [0.1, 0.15) is 0 Å². The van der Waals surface area contributed by atoms with E-state index in [1.807, 2.05) is 0 Å². The first-order valence-electron chi connectivity index (χ1n) is 6.58. The number of rotatable bonds is 2. The maximum atomic E-state index is 5.43.